The van der Waals surface area contributed by atoms with Gasteiger partial charge in [-0.2, -0.15) is 0 Å². The van der Waals surface area contributed by atoms with Crippen molar-refractivity contribution in [3.8, 4) is 17.1 Å². The van der Waals surface area contributed by atoms with Crippen LogP contribution >= 0.6 is 35.0 Å². The molecule has 0 atom stereocenters. The fourth-order valence-electron chi connectivity index (χ4n) is 3.97. The number of carbonyl (C=O) groups excluding carboxylic acids is 1. The van der Waals surface area contributed by atoms with Crippen LogP contribution in [0.2, 0.25) is 10.0 Å². The van der Waals surface area contributed by atoms with Crippen LogP contribution in [0.4, 0.5) is 11.4 Å². The Morgan fingerprint density at radius 2 is 1.73 bits per heavy atom. The van der Waals surface area contributed by atoms with Crippen LogP contribution < -0.4 is 5.32 Å². The third-order valence-corrected chi connectivity index (χ3v) is 7.18. The van der Waals surface area contributed by atoms with E-state index in [4.69, 9.17) is 23.2 Å². The zero-order chi connectivity index (χ0) is 26.5. The standard InChI is InChI=1S/C26H23Cl2N5O3S/c1-3-16-8-7-9-17(4-2)24(16)32-25(19-13-12-18(27)14-20(19)28)30-31-26(32)37-15-23(34)29-21-10-5-6-11-22(21)33(35)36/h5-14H,3-4,15H2,1-2H3,(H,29,34). The van der Waals surface area contributed by atoms with Gasteiger partial charge in [0.1, 0.15) is 5.69 Å². The van der Waals surface area contributed by atoms with Crippen molar-refractivity contribution in [2.24, 2.45) is 0 Å². The van der Waals surface area contributed by atoms with Crippen LogP contribution in [0.5, 0.6) is 0 Å². The predicted octanol–water partition coefficient (Wildman–Crippen LogP) is 7.00. The molecule has 8 nitrogen and oxygen atoms in total. The molecule has 4 aromatic rings. The van der Waals surface area contributed by atoms with E-state index < -0.39 is 10.8 Å². The number of nitro benzene ring substituents is 1. The Hall–Kier alpha value is -3.40. The SMILES string of the molecule is CCc1cccc(CC)c1-n1c(SCC(=O)Nc2ccccc2[N+](=O)[O-])nnc1-c1ccc(Cl)cc1Cl. The summed E-state index contributed by atoms with van der Waals surface area (Å²) in [6, 6.07) is 17.3. The Morgan fingerprint density at radius 3 is 2.38 bits per heavy atom. The van der Waals surface area contributed by atoms with Crippen LogP contribution in [-0.2, 0) is 17.6 Å². The number of aromatic nitrogens is 3. The molecular weight excluding hydrogens is 533 g/mol. The number of nitrogens with zero attached hydrogens (tertiary/aromatic N) is 4. The van der Waals surface area contributed by atoms with Crippen LogP contribution in [0.1, 0.15) is 25.0 Å². The first kappa shape index (κ1) is 26.7. The van der Waals surface area contributed by atoms with Crippen molar-refractivity contribution in [1.82, 2.24) is 14.8 Å². The highest BCUT2D eigenvalue weighted by molar-refractivity contribution is 7.99. The first-order valence-electron chi connectivity index (χ1n) is 11.5. The summed E-state index contributed by atoms with van der Waals surface area (Å²) in [5.41, 5.74) is 3.75. The first-order chi connectivity index (χ1) is 17.8. The van der Waals surface area contributed by atoms with Gasteiger partial charge in [-0.25, -0.2) is 0 Å². The van der Waals surface area contributed by atoms with Gasteiger partial charge in [0.15, 0.2) is 11.0 Å². The second kappa shape index (κ2) is 11.8. The molecule has 0 spiro atoms. The largest absolute Gasteiger partial charge is 0.320 e. The molecule has 1 heterocycles. The van der Waals surface area contributed by atoms with Gasteiger partial charge in [0, 0.05) is 16.7 Å². The lowest BCUT2D eigenvalue weighted by molar-refractivity contribution is -0.383. The van der Waals surface area contributed by atoms with Crippen LogP contribution in [0.3, 0.4) is 0 Å². The van der Waals surface area contributed by atoms with Crippen molar-refractivity contribution >= 4 is 52.2 Å². The third kappa shape index (κ3) is 5.79. The van der Waals surface area contributed by atoms with Crippen molar-refractivity contribution in [1.29, 1.82) is 0 Å². The summed E-state index contributed by atoms with van der Waals surface area (Å²) in [5, 5.41) is 24.2. The minimum absolute atomic E-state index is 0.0335. The summed E-state index contributed by atoms with van der Waals surface area (Å²) in [5.74, 6) is 0.0900. The summed E-state index contributed by atoms with van der Waals surface area (Å²) >= 11 is 13.9. The summed E-state index contributed by atoms with van der Waals surface area (Å²) in [6.45, 7) is 4.15. The van der Waals surface area contributed by atoms with Crippen molar-refractivity contribution in [2.45, 2.75) is 31.8 Å². The number of nitrogens with one attached hydrogen (secondary N) is 1. The van der Waals surface area contributed by atoms with E-state index in [0.717, 1.165) is 29.7 Å². The number of amides is 1. The molecule has 1 N–H and O–H groups in total. The topological polar surface area (TPSA) is 103 Å². The molecule has 0 saturated carbocycles. The number of nitro groups is 1. The predicted molar refractivity (Wildman–Crippen MR) is 148 cm³/mol. The van der Waals surface area contributed by atoms with E-state index in [0.29, 0.717) is 26.6 Å². The second-order valence-corrected chi connectivity index (χ2v) is 9.79. The van der Waals surface area contributed by atoms with Crippen molar-refractivity contribution in [2.75, 3.05) is 11.1 Å². The van der Waals surface area contributed by atoms with Crippen molar-refractivity contribution in [3.05, 3.63) is 92.0 Å². The van der Waals surface area contributed by atoms with Gasteiger partial charge in [0.05, 0.1) is 21.4 Å². The fourth-order valence-corrected chi connectivity index (χ4v) is 5.20. The van der Waals surface area contributed by atoms with Crippen LogP contribution in [-0.4, -0.2) is 31.3 Å². The molecule has 1 aromatic heterocycles. The molecule has 37 heavy (non-hydrogen) atoms. The normalized spacial score (nSPS) is 10.9. The lowest BCUT2D eigenvalue weighted by atomic mass is 10.0. The number of benzene rings is 3. The second-order valence-electron chi connectivity index (χ2n) is 8.01. The molecule has 0 fully saturated rings. The molecule has 0 aliphatic heterocycles. The van der Waals surface area contributed by atoms with Crippen molar-refractivity contribution < 1.29 is 9.72 Å². The molecule has 0 aliphatic rings. The van der Waals surface area contributed by atoms with Gasteiger partial charge in [-0.05, 0) is 48.2 Å². The molecule has 1 amide bonds. The molecule has 4 rings (SSSR count). The summed E-state index contributed by atoms with van der Waals surface area (Å²) in [7, 11) is 0. The molecule has 0 aliphatic carbocycles. The van der Waals surface area contributed by atoms with Gasteiger partial charge in [-0.1, -0.05) is 79.1 Å². The number of aryl methyl sites for hydroxylation is 2. The van der Waals surface area contributed by atoms with Gasteiger partial charge in [-0.3, -0.25) is 19.5 Å². The summed E-state index contributed by atoms with van der Waals surface area (Å²) in [4.78, 5) is 23.5. The number of hydrogen-bond donors (Lipinski definition) is 1. The van der Waals surface area contributed by atoms with E-state index in [2.05, 4.69) is 41.5 Å². The first-order valence-corrected chi connectivity index (χ1v) is 13.3. The quantitative estimate of drug-likeness (QED) is 0.135. The average molecular weight is 556 g/mol. The average Bonchev–Trinajstić information content (AvgIpc) is 3.30. The lowest BCUT2D eigenvalue weighted by Gasteiger charge is -2.18. The number of halogens is 2. The highest BCUT2D eigenvalue weighted by atomic mass is 35.5. The Morgan fingerprint density at radius 1 is 1.03 bits per heavy atom. The van der Waals surface area contributed by atoms with E-state index in [9.17, 15) is 14.9 Å². The van der Waals surface area contributed by atoms with Crippen LogP contribution in [0.15, 0.2) is 65.8 Å². The van der Waals surface area contributed by atoms with Gasteiger partial charge < -0.3 is 5.32 Å². The number of anilines is 1. The molecule has 0 unspecified atom stereocenters. The number of thioether (sulfide) groups is 1. The zero-order valence-electron chi connectivity index (χ0n) is 20.1. The van der Waals surface area contributed by atoms with E-state index in [1.807, 2.05) is 10.6 Å². The van der Waals surface area contributed by atoms with E-state index in [1.165, 1.54) is 23.9 Å². The Bertz CT molecular complexity index is 1450. The lowest BCUT2D eigenvalue weighted by Crippen LogP contribution is -2.16. The molecule has 0 bridgehead atoms. The maximum absolute atomic E-state index is 12.8. The van der Waals surface area contributed by atoms with Gasteiger partial charge >= 0.3 is 0 Å². The number of hydrogen-bond acceptors (Lipinski definition) is 6. The Labute approximate surface area is 228 Å². The minimum Gasteiger partial charge on any atom is -0.320 e. The molecule has 0 radical (unpaired) electrons. The maximum Gasteiger partial charge on any atom is 0.292 e. The third-order valence-electron chi connectivity index (χ3n) is 5.70. The molecule has 190 valence electrons. The van der Waals surface area contributed by atoms with E-state index in [1.54, 1.807) is 30.3 Å². The van der Waals surface area contributed by atoms with Crippen LogP contribution in [0, 0.1) is 10.1 Å². The highest BCUT2D eigenvalue weighted by Gasteiger charge is 2.23. The van der Waals surface area contributed by atoms with Gasteiger partial charge in [0.2, 0.25) is 5.91 Å². The number of para-hydroxylation sites is 3. The highest BCUT2D eigenvalue weighted by Crippen LogP contribution is 2.36. The Balaban J connectivity index is 1.74. The monoisotopic (exact) mass is 555 g/mol. The molecule has 3 aromatic carbocycles. The zero-order valence-corrected chi connectivity index (χ0v) is 22.4. The minimum atomic E-state index is -0.532. The van der Waals surface area contributed by atoms with Crippen LogP contribution in [0.25, 0.3) is 17.1 Å². The Kier molecular flexibility index (Phi) is 8.48. The van der Waals surface area contributed by atoms with Crippen molar-refractivity contribution in [3.63, 3.8) is 0 Å². The molecular formula is C26H23Cl2N5O3S. The summed E-state index contributed by atoms with van der Waals surface area (Å²) in [6.07, 6.45) is 1.55. The van der Waals surface area contributed by atoms with Gasteiger partial charge in [0.25, 0.3) is 5.69 Å². The number of rotatable bonds is 9. The van der Waals surface area contributed by atoms with Gasteiger partial charge in [-0.15, -0.1) is 10.2 Å². The molecule has 0 saturated heterocycles. The van der Waals surface area contributed by atoms with E-state index >= 15 is 0 Å². The maximum atomic E-state index is 12.8. The number of carbonyl (C=O) groups is 1. The fraction of sp³-hybridized carbons (Fsp3) is 0.192. The smallest absolute Gasteiger partial charge is 0.292 e. The molecule has 11 heteroatoms. The summed E-state index contributed by atoms with van der Waals surface area (Å²) < 4.78 is 1.93. The van der Waals surface area contributed by atoms with E-state index in [-0.39, 0.29) is 17.1 Å².